The molecule has 3 nitrogen and oxygen atoms in total. The van der Waals surface area contributed by atoms with E-state index < -0.39 is 0 Å². The molecule has 112 valence electrons. The van der Waals surface area contributed by atoms with Crippen LogP contribution in [0.4, 0.5) is 5.69 Å². The molecule has 0 amide bonds. The number of aryl methyl sites for hydroxylation is 1. The molecule has 1 saturated heterocycles. The van der Waals surface area contributed by atoms with E-state index in [1.165, 1.54) is 56.4 Å². The summed E-state index contributed by atoms with van der Waals surface area (Å²) in [6.07, 6.45) is 8.82. The quantitative estimate of drug-likeness (QED) is 0.891. The number of anilines is 1. The normalized spacial score (nSPS) is 19.9. The fourth-order valence-corrected chi connectivity index (χ4v) is 3.30. The molecule has 1 aliphatic rings. The molecule has 1 unspecified atom stereocenters. The maximum atomic E-state index is 4.45. The van der Waals surface area contributed by atoms with Crippen LogP contribution in [-0.4, -0.2) is 25.1 Å². The average molecular weight is 275 g/mol. The highest BCUT2D eigenvalue weighted by Crippen LogP contribution is 2.27. The molecule has 1 aromatic heterocycles. The van der Waals surface area contributed by atoms with Crippen LogP contribution in [0.25, 0.3) is 0 Å². The van der Waals surface area contributed by atoms with Gasteiger partial charge in [0, 0.05) is 42.8 Å². The van der Waals surface area contributed by atoms with E-state index in [9.17, 15) is 0 Å². The molecule has 1 fully saturated rings. The highest BCUT2D eigenvalue weighted by Gasteiger charge is 2.18. The van der Waals surface area contributed by atoms with Crippen LogP contribution in [0.15, 0.2) is 12.3 Å². The highest BCUT2D eigenvalue weighted by molar-refractivity contribution is 5.53. The molecular formula is C17H29N3. The summed E-state index contributed by atoms with van der Waals surface area (Å²) in [7, 11) is 2.00. The largest absolute Gasteiger partial charge is 0.371 e. The molecule has 0 spiro atoms. The van der Waals surface area contributed by atoms with E-state index in [1.807, 2.05) is 13.2 Å². The van der Waals surface area contributed by atoms with E-state index in [1.54, 1.807) is 0 Å². The van der Waals surface area contributed by atoms with E-state index in [0.29, 0.717) is 0 Å². The second-order valence-corrected chi connectivity index (χ2v) is 6.06. The number of nitrogens with one attached hydrogen (secondary N) is 1. The number of nitrogens with zero attached hydrogens (tertiary/aromatic N) is 2. The maximum absolute atomic E-state index is 4.45. The molecule has 1 aliphatic heterocycles. The second kappa shape index (κ2) is 7.63. The lowest BCUT2D eigenvalue weighted by atomic mass is 9.96. The first kappa shape index (κ1) is 15.3. The van der Waals surface area contributed by atoms with Crippen molar-refractivity contribution in [1.29, 1.82) is 0 Å². The molecule has 3 heteroatoms. The molecule has 0 saturated carbocycles. The van der Waals surface area contributed by atoms with Crippen LogP contribution in [-0.2, 0) is 6.54 Å². The van der Waals surface area contributed by atoms with E-state index in [-0.39, 0.29) is 0 Å². The third-order valence-electron chi connectivity index (χ3n) is 4.35. The van der Waals surface area contributed by atoms with Gasteiger partial charge in [-0.15, -0.1) is 0 Å². The summed E-state index contributed by atoms with van der Waals surface area (Å²) in [5.41, 5.74) is 3.84. The van der Waals surface area contributed by atoms with Crippen molar-refractivity contribution in [3.8, 4) is 0 Å². The Balaban J connectivity index is 2.12. The average Bonchev–Trinajstić information content (AvgIpc) is 2.67. The van der Waals surface area contributed by atoms with E-state index in [0.717, 1.165) is 18.2 Å². The number of hydrogen-bond donors (Lipinski definition) is 1. The summed E-state index contributed by atoms with van der Waals surface area (Å²) in [5, 5.41) is 3.26. The molecule has 0 aromatic carbocycles. The third-order valence-corrected chi connectivity index (χ3v) is 4.35. The summed E-state index contributed by atoms with van der Waals surface area (Å²) in [6.45, 7) is 7.69. The Hall–Kier alpha value is -1.09. The highest BCUT2D eigenvalue weighted by atomic mass is 15.1. The van der Waals surface area contributed by atoms with Crippen LogP contribution < -0.4 is 10.2 Å². The molecule has 1 N–H and O–H groups in total. The van der Waals surface area contributed by atoms with Crippen LogP contribution in [0.5, 0.6) is 0 Å². The zero-order chi connectivity index (χ0) is 14.4. The number of aromatic nitrogens is 1. The van der Waals surface area contributed by atoms with Gasteiger partial charge in [-0.3, -0.25) is 4.98 Å². The summed E-state index contributed by atoms with van der Waals surface area (Å²) in [5.74, 6) is 0.931. The lowest BCUT2D eigenvalue weighted by Gasteiger charge is -2.26. The fraction of sp³-hybridized carbons (Fsp3) is 0.706. The van der Waals surface area contributed by atoms with Gasteiger partial charge in [-0.25, -0.2) is 0 Å². The summed E-state index contributed by atoms with van der Waals surface area (Å²) < 4.78 is 0. The first-order valence-electron chi connectivity index (χ1n) is 8.09. The minimum absolute atomic E-state index is 0.900. The molecule has 2 heterocycles. The third kappa shape index (κ3) is 3.95. The Kier molecular flexibility index (Phi) is 5.84. The van der Waals surface area contributed by atoms with Gasteiger partial charge < -0.3 is 10.2 Å². The molecule has 0 radical (unpaired) electrons. The lowest BCUT2D eigenvalue weighted by molar-refractivity contribution is 0.435. The van der Waals surface area contributed by atoms with Crippen molar-refractivity contribution in [1.82, 2.24) is 10.3 Å². The smallest absolute Gasteiger partial charge is 0.0445 e. The van der Waals surface area contributed by atoms with Gasteiger partial charge in [0.05, 0.1) is 0 Å². The lowest BCUT2D eigenvalue weighted by Crippen LogP contribution is -2.26. The molecule has 1 atom stereocenters. The van der Waals surface area contributed by atoms with Crippen molar-refractivity contribution in [3.05, 3.63) is 23.5 Å². The Morgan fingerprint density at radius 3 is 2.95 bits per heavy atom. The summed E-state index contributed by atoms with van der Waals surface area (Å²) in [6, 6.07) is 2.26. The maximum Gasteiger partial charge on any atom is 0.0445 e. The van der Waals surface area contributed by atoms with Gasteiger partial charge in [-0.05, 0) is 45.2 Å². The van der Waals surface area contributed by atoms with Crippen molar-refractivity contribution in [2.75, 3.05) is 25.0 Å². The molecule has 1 aromatic rings. The minimum Gasteiger partial charge on any atom is -0.371 e. The van der Waals surface area contributed by atoms with Crippen molar-refractivity contribution in [2.45, 2.75) is 52.5 Å². The Morgan fingerprint density at radius 2 is 2.20 bits per heavy atom. The van der Waals surface area contributed by atoms with Crippen molar-refractivity contribution < 1.29 is 0 Å². The van der Waals surface area contributed by atoms with E-state index >= 15 is 0 Å². The van der Waals surface area contributed by atoms with Crippen LogP contribution in [0.2, 0.25) is 0 Å². The standard InChI is InChI=1S/C17H29N3/c1-4-6-15-7-5-9-20(10-8-15)17-11-14(2)19-13-16(17)12-18-3/h11,13,15,18H,4-10,12H2,1-3H3. The Bertz CT molecular complexity index is 417. The van der Waals surface area contributed by atoms with Gasteiger partial charge in [0.1, 0.15) is 0 Å². The minimum atomic E-state index is 0.900. The van der Waals surface area contributed by atoms with Crippen molar-refractivity contribution >= 4 is 5.69 Å². The molecule has 2 rings (SSSR count). The van der Waals surface area contributed by atoms with Crippen LogP contribution in [0.3, 0.4) is 0 Å². The van der Waals surface area contributed by atoms with Gasteiger partial charge in [-0.1, -0.05) is 19.8 Å². The van der Waals surface area contributed by atoms with Crippen LogP contribution in [0, 0.1) is 12.8 Å². The first-order valence-corrected chi connectivity index (χ1v) is 8.09. The van der Waals surface area contributed by atoms with Crippen LogP contribution >= 0.6 is 0 Å². The number of rotatable bonds is 5. The zero-order valence-corrected chi connectivity index (χ0v) is 13.3. The molecular weight excluding hydrogens is 246 g/mol. The van der Waals surface area contributed by atoms with Gasteiger partial charge in [0.15, 0.2) is 0 Å². The predicted octanol–water partition coefficient (Wildman–Crippen LogP) is 3.52. The molecule has 20 heavy (non-hydrogen) atoms. The van der Waals surface area contributed by atoms with Gasteiger partial charge in [0.2, 0.25) is 0 Å². The van der Waals surface area contributed by atoms with Gasteiger partial charge >= 0.3 is 0 Å². The summed E-state index contributed by atoms with van der Waals surface area (Å²) >= 11 is 0. The fourth-order valence-electron chi connectivity index (χ4n) is 3.30. The Morgan fingerprint density at radius 1 is 1.35 bits per heavy atom. The first-order chi connectivity index (χ1) is 9.74. The van der Waals surface area contributed by atoms with E-state index in [4.69, 9.17) is 0 Å². The molecule has 0 bridgehead atoms. The van der Waals surface area contributed by atoms with Crippen LogP contribution in [0.1, 0.15) is 50.3 Å². The Labute approximate surface area is 123 Å². The SMILES string of the molecule is CCCC1CCCN(c2cc(C)ncc2CNC)CC1. The van der Waals surface area contributed by atoms with E-state index in [2.05, 4.69) is 35.1 Å². The van der Waals surface area contributed by atoms with Gasteiger partial charge in [-0.2, -0.15) is 0 Å². The number of pyridine rings is 1. The molecule has 0 aliphatic carbocycles. The van der Waals surface area contributed by atoms with Gasteiger partial charge in [0.25, 0.3) is 0 Å². The topological polar surface area (TPSA) is 28.2 Å². The second-order valence-electron chi connectivity index (χ2n) is 6.06. The monoisotopic (exact) mass is 275 g/mol. The zero-order valence-electron chi connectivity index (χ0n) is 13.3. The van der Waals surface area contributed by atoms with Crippen molar-refractivity contribution in [3.63, 3.8) is 0 Å². The van der Waals surface area contributed by atoms with Crippen molar-refractivity contribution in [2.24, 2.45) is 5.92 Å². The number of hydrogen-bond acceptors (Lipinski definition) is 3. The summed E-state index contributed by atoms with van der Waals surface area (Å²) in [4.78, 5) is 7.03. The predicted molar refractivity (Wildman–Crippen MR) is 86.2 cm³/mol.